The highest BCUT2D eigenvalue weighted by atomic mass is 16.5. The molecule has 2 heterocycles. The van der Waals surface area contributed by atoms with Gasteiger partial charge in [0.05, 0.1) is 19.8 Å². The molecule has 2 amide bonds. The largest absolute Gasteiger partial charge is 0.497 e. The standard InChI is InChI=1S/C17H20N2O4/c1-22-12-5-6-13-11(10-23-15(13)9-12)8-16(20)19-14-4-2-3-7-18-17(14)21/h5-6,9-10,14H,2-4,7-8H2,1H3,(H,18,21)(H,19,20)/t14-/m1/s1. The lowest BCUT2D eigenvalue weighted by Crippen LogP contribution is -2.45. The van der Waals surface area contributed by atoms with Crippen LogP contribution in [0.2, 0.25) is 0 Å². The summed E-state index contributed by atoms with van der Waals surface area (Å²) in [5.74, 6) is 0.432. The number of rotatable bonds is 4. The van der Waals surface area contributed by atoms with Crippen LogP contribution in [-0.4, -0.2) is 31.5 Å². The van der Waals surface area contributed by atoms with Crippen molar-refractivity contribution in [3.8, 4) is 5.75 Å². The van der Waals surface area contributed by atoms with Gasteiger partial charge in [-0.15, -0.1) is 0 Å². The number of nitrogens with one attached hydrogen (secondary N) is 2. The molecule has 1 aliphatic rings. The van der Waals surface area contributed by atoms with E-state index in [1.807, 2.05) is 12.1 Å². The van der Waals surface area contributed by atoms with Gasteiger partial charge in [-0.05, 0) is 31.4 Å². The summed E-state index contributed by atoms with van der Waals surface area (Å²) in [6.07, 6.45) is 4.32. The first-order chi connectivity index (χ1) is 11.2. The van der Waals surface area contributed by atoms with E-state index in [0.717, 1.165) is 23.8 Å². The van der Waals surface area contributed by atoms with E-state index in [1.165, 1.54) is 0 Å². The maximum absolute atomic E-state index is 12.2. The number of hydrogen-bond acceptors (Lipinski definition) is 4. The fourth-order valence-corrected chi connectivity index (χ4v) is 2.82. The maximum Gasteiger partial charge on any atom is 0.242 e. The number of furan rings is 1. The Hall–Kier alpha value is -2.50. The van der Waals surface area contributed by atoms with Gasteiger partial charge in [0.1, 0.15) is 17.4 Å². The molecule has 6 heteroatoms. The molecule has 0 saturated carbocycles. The van der Waals surface area contributed by atoms with Crippen molar-refractivity contribution in [3.63, 3.8) is 0 Å². The smallest absolute Gasteiger partial charge is 0.242 e. The Morgan fingerprint density at radius 1 is 1.43 bits per heavy atom. The molecule has 1 aliphatic heterocycles. The Kier molecular flexibility index (Phi) is 4.50. The quantitative estimate of drug-likeness (QED) is 0.901. The molecule has 1 saturated heterocycles. The number of fused-ring (bicyclic) bond motifs is 1. The molecule has 6 nitrogen and oxygen atoms in total. The van der Waals surface area contributed by atoms with Crippen molar-refractivity contribution in [1.82, 2.24) is 10.6 Å². The van der Waals surface area contributed by atoms with Gasteiger partial charge in [0, 0.05) is 23.6 Å². The minimum atomic E-state index is -0.441. The fraction of sp³-hybridized carbons (Fsp3) is 0.412. The summed E-state index contributed by atoms with van der Waals surface area (Å²) in [6.45, 7) is 0.680. The predicted octanol–water partition coefficient (Wildman–Crippen LogP) is 1.77. The number of methoxy groups -OCH3 is 1. The summed E-state index contributed by atoms with van der Waals surface area (Å²) in [4.78, 5) is 24.1. The van der Waals surface area contributed by atoms with E-state index in [9.17, 15) is 9.59 Å². The van der Waals surface area contributed by atoms with Gasteiger partial charge in [0.15, 0.2) is 0 Å². The molecule has 122 valence electrons. The molecule has 1 aromatic heterocycles. The minimum absolute atomic E-state index is 0.0994. The lowest BCUT2D eigenvalue weighted by Gasteiger charge is -2.14. The summed E-state index contributed by atoms with van der Waals surface area (Å²) in [6, 6.07) is 5.05. The Morgan fingerprint density at radius 3 is 3.13 bits per heavy atom. The van der Waals surface area contributed by atoms with Gasteiger partial charge in [0.25, 0.3) is 0 Å². The van der Waals surface area contributed by atoms with E-state index >= 15 is 0 Å². The molecule has 1 aromatic carbocycles. The van der Waals surface area contributed by atoms with Crippen molar-refractivity contribution in [2.75, 3.05) is 13.7 Å². The molecule has 0 unspecified atom stereocenters. The SMILES string of the molecule is COc1ccc2c(CC(=O)N[C@@H]3CCCCNC3=O)coc2c1. The first-order valence-electron chi connectivity index (χ1n) is 7.78. The molecule has 0 bridgehead atoms. The van der Waals surface area contributed by atoms with Crippen LogP contribution in [0.5, 0.6) is 5.75 Å². The van der Waals surface area contributed by atoms with Crippen LogP contribution in [0.3, 0.4) is 0 Å². The zero-order valence-electron chi connectivity index (χ0n) is 13.1. The van der Waals surface area contributed by atoms with E-state index in [0.29, 0.717) is 24.3 Å². The van der Waals surface area contributed by atoms with Gasteiger partial charge >= 0.3 is 0 Å². The van der Waals surface area contributed by atoms with Crippen LogP contribution in [-0.2, 0) is 16.0 Å². The van der Waals surface area contributed by atoms with Crippen molar-refractivity contribution >= 4 is 22.8 Å². The molecule has 23 heavy (non-hydrogen) atoms. The molecule has 2 N–H and O–H groups in total. The van der Waals surface area contributed by atoms with Crippen molar-refractivity contribution in [2.24, 2.45) is 0 Å². The number of benzene rings is 1. The summed E-state index contributed by atoms with van der Waals surface area (Å²) in [5, 5.41) is 6.51. The first kappa shape index (κ1) is 15.4. The Balaban J connectivity index is 1.69. The Morgan fingerprint density at radius 2 is 2.30 bits per heavy atom. The molecule has 0 radical (unpaired) electrons. The van der Waals surface area contributed by atoms with Crippen molar-refractivity contribution < 1.29 is 18.7 Å². The summed E-state index contributed by atoms with van der Waals surface area (Å²) < 4.78 is 10.6. The number of carbonyl (C=O) groups excluding carboxylic acids is 2. The van der Waals surface area contributed by atoms with Crippen LogP contribution in [0.1, 0.15) is 24.8 Å². The van der Waals surface area contributed by atoms with E-state index in [2.05, 4.69) is 10.6 Å². The van der Waals surface area contributed by atoms with Crippen molar-refractivity contribution in [1.29, 1.82) is 0 Å². The zero-order chi connectivity index (χ0) is 16.2. The van der Waals surface area contributed by atoms with Crippen LogP contribution >= 0.6 is 0 Å². The zero-order valence-corrected chi connectivity index (χ0v) is 13.1. The lowest BCUT2D eigenvalue weighted by molar-refractivity contribution is -0.128. The van der Waals surface area contributed by atoms with Crippen LogP contribution in [0.15, 0.2) is 28.9 Å². The number of ether oxygens (including phenoxy) is 1. The first-order valence-corrected chi connectivity index (χ1v) is 7.78. The lowest BCUT2D eigenvalue weighted by atomic mass is 10.1. The van der Waals surface area contributed by atoms with Gasteiger partial charge in [-0.1, -0.05) is 0 Å². The van der Waals surface area contributed by atoms with Crippen LogP contribution in [0, 0.1) is 0 Å². The highest BCUT2D eigenvalue weighted by Crippen LogP contribution is 2.25. The monoisotopic (exact) mass is 316 g/mol. The molecule has 0 spiro atoms. The van der Waals surface area contributed by atoms with E-state index in [4.69, 9.17) is 9.15 Å². The second-order valence-corrected chi connectivity index (χ2v) is 5.71. The van der Waals surface area contributed by atoms with Crippen LogP contribution < -0.4 is 15.4 Å². The van der Waals surface area contributed by atoms with E-state index < -0.39 is 6.04 Å². The average Bonchev–Trinajstić information content (AvgIpc) is 2.83. The number of carbonyl (C=O) groups is 2. The minimum Gasteiger partial charge on any atom is -0.497 e. The molecular weight excluding hydrogens is 296 g/mol. The molecular formula is C17H20N2O4. The molecule has 0 aliphatic carbocycles. The molecule has 1 atom stereocenters. The van der Waals surface area contributed by atoms with Gasteiger partial charge in [-0.2, -0.15) is 0 Å². The summed E-state index contributed by atoms with van der Waals surface area (Å²) >= 11 is 0. The third-order valence-electron chi connectivity index (χ3n) is 4.08. The molecule has 1 fully saturated rings. The highest BCUT2D eigenvalue weighted by Gasteiger charge is 2.22. The third kappa shape index (κ3) is 3.47. The second-order valence-electron chi connectivity index (χ2n) is 5.71. The molecule has 3 rings (SSSR count). The topological polar surface area (TPSA) is 80.6 Å². The average molecular weight is 316 g/mol. The summed E-state index contributed by atoms with van der Waals surface area (Å²) in [7, 11) is 1.59. The highest BCUT2D eigenvalue weighted by molar-refractivity contribution is 5.91. The van der Waals surface area contributed by atoms with E-state index in [1.54, 1.807) is 19.4 Å². The fourth-order valence-electron chi connectivity index (χ4n) is 2.82. The Bertz CT molecular complexity index is 722. The predicted molar refractivity (Wildman–Crippen MR) is 85.3 cm³/mol. The van der Waals surface area contributed by atoms with Gasteiger partial charge < -0.3 is 19.8 Å². The maximum atomic E-state index is 12.2. The Labute approximate surface area is 134 Å². The van der Waals surface area contributed by atoms with E-state index in [-0.39, 0.29) is 18.2 Å². The van der Waals surface area contributed by atoms with Gasteiger partial charge in [-0.3, -0.25) is 9.59 Å². The molecule has 2 aromatic rings. The number of amides is 2. The summed E-state index contributed by atoms with van der Waals surface area (Å²) in [5.41, 5.74) is 1.48. The van der Waals surface area contributed by atoms with Crippen LogP contribution in [0.25, 0.3) is 11.0 Å². The number of hydrogen-bond donors (Lipinski definition) is 2. The normalized spacial score (nSPS) is 18.3. The van der Waals surface area contributed by atoms with Crippen molar-refractivity contribution in [3.05, 3.63) is 30.0 Å². The third-order valence-corrected chi connectivity index (χ3v) is 4.08. The van der Waals surface area contributed by atoms with Crippen LogP contribution in [0.4, 0.5) is 0 Å². The second kappa shape index (κ2) is 6.73. The van der Waals surface area contributed by atoms with Gasteiger partial charge in [0.2, 0.25) is 11.8 Å². The van der Waals surface area contributed by atoms with Gasteiger partial charge in [-0.25, -0.2) is 0 Å². The van der Waals surface area contributed by atoms with Crippen molar-refractivity contribution in [2.45, 2.75) is 31.7 Å².